The molecule has 10 heteroatoms. The minimum Gasteiger partial charge on any atom is -0.495 e. The van der Waals surface area contributed by atoms with E-state index in [2.05, 4.69) is 5.32 Å². The van der Waals surface area contributed by atoms with Gasteiger partial charge in [0.2, 0.25) is 15.9 Å². The number of nitrogens with one attached hydrogen (secondary N) is 1. The normalized spacial score (nSPS) is 13.7. The van der Waals surface area contributed by atoms with Gasteiger partial charge in [-0.25, -0.2) is 8.42 Å². The first kappa shape index (κ1) is 22.7. The summed E-state index contributed by atoms with van der Waals surface area (Å²) < 4.78 is 31.1. The molecule has 0 spiro atoms. The summed E-state index contributed by atoms with van der Waals surface area (Å²) in [6, 6.07) is 2.39. The molecule has 27 heavy (non-hydrogen) atoms. The predicted octanol–water partition coefficient (Wildman–Crippen LogP) is 2.31. The highest BCUT2D eigenvalue weighted by Gasteiger charge is 2.35. The average Bonchev–Trinajstić information content (AvgIpc) is 2.57. The van der Waals surface area contributed by atoms with Crippen LogP contribution in [0.3, 0.4) is 0 Å². The lowest BCUT2D eigenvalue weighted by Crippen LogP contribution is -2.52. The minimum absolute atomic E-state index is 0.0478. The highest BCUT2D eigenvalue weighted by molar-refractivity contribution is 7.92. The lowest BCUT2D eigenvalue weighted by atomic mass is 10.1. The fourth-order valence-corrected chi connectivity index (χ4v) is 3.69. The number of hydrogen-bond donors (Lipinski definition) is 1. The molecule has 1 amide bonds. The van der Waals surface area contributed by atoms with E-state index in [9.17, 15) is 23.3 Å². The van der Waals surface area contributed by atoms with Crippen LogP contribution in [0.4, 0.5) is 11.4 Å². The third-order valence-electron chi connectivity index (χ3n) is 4.31. The number of nitro groups is 1. The van der Waals surface area contributed by atoms with Gasteiger partial charge in [-0.2, -0.15) is 0 Å². The Morgan fingerprint density at radius 1 is 1.33 bits per heavy atom. The number of benzene rings is 1. The number of non-ortho nitro benzene ring substituents is 1. The van der Waals surface area contributed by atoms with Gasteiger partial charge in [0.05, 0.1) is 18.3 Å². The zero-order chi connectivity index (χ0) is 20.9. The number of nitro benzene ring substituents is 1. The Bertz CT molecular complexity index is 794. The van der Waals surface area contributed by atoms with Crippen molar-refractivity contribution in [3.05, 3.63) is 28.3 Å². The van der Waals surface area contributed by atoms with Gasteiger partial charge in [-0.3, -0.25) is 19.2 Å². The summed E-state index contributed by atoms with van der Waals surface area (Å²) in [5, 5.41) is 13.9. The third kappa shape index (κ3) is 5.56. The number of rotatable bonds is 9. The zero-order valence-electron chi connectivity index (χ0n) is 16.4. The molecule has 0 aliphatic heterocycles. The standard InChI is InChI=1S/C17H27N3O6S/c1-7-14(17(21)18-12(4)11(2)3)19(27(6,24)25)15-10-13(20(22)23)8-9-16(15)26-5/h8-12,14H,7H2,1-6H3,(H,18,21)/t12-,14+/m1/s1. The second kappa shape index (κ2) is 9.03. The molecule has 1 aromatic rings. The van der Waals surface area contributed by atoms with Crippen LogP contribution in [-0.2, 0) is 14.8 Å². The van der Waals surface area contributed by atoms with Crippen LogP contribution in [0.5, 0.6) is 5.75 Å². The van der Waals surface area contributed by atoms with Gasteiger partial charge in [-0.05, 0) is 25.3 Å². The van der Waals surface area contributed by atoms with Crippen molar-refractivity contribution in [2.75, 3.05) is 17.7 Å². The molecule has 1 rings (SSSR count). The number of sulfonamides is 1. The summed E-state index contributed by atoms with van der Waals surface area (Å²) in [4.78, 5) is 23.3. The largest absolute Gasteiger partial charge is 0.495 e. The van der Waals surface area contributed by atoms with E-state index in [4.69, 9.17) is 4.74 Å². The maximum atomic E-state index is 12.8. The fourth-order valence-electron chi connectivity index (χ4n) is 2.49. The van der Waals surface area contributed by atoms with Gasteiger partial charge in [-0.1, -0.05) is 20.8 Å². The van der Waals surface area contributed by atoms with Crippen LogP contribution in [0.25, 0.3) is 0 Å². The molecule has 0 aliphatic carbocycles. The van der Waals surface area contributed by atoms with Crippen LogP contribution >= 0.6 is 0 Å². The summed E-state index contributed by atoms with van der Waals surface area (Å²) in [5.41, 5.74) is -0.348. The Morgan fingerprint density at radius 3 is 2.33 bits per heavy atom. The summed E-state index contributed by atoms with van der Waals surface area (Å²) in [6.07, 6.45) is 1.13. The van der Waals surface area contributed by atoms with E-state index in [1.165, 1.54) is 19.2 Å². The Hall–Kier alpha value is -2.36. The monoisotopic (exact) mass is 401 g/mol. The van der Waals surface area contributed by atoms with E-state index in [-0.39, 0.29) is 35.5 Å². The summed E-state index contributed by atoms with van der Waals surface area (Å²) in [7, 11) is -2.61. The van der Waals surface area contributed by atoms with Gasteiger partial charge >= 0.3 is 0 Å². The van der Waals surface area contributed by atoms with Crippen LogP contribution in [-0.4, -0.2) is 44.7 Å². The van der Waals surface area contributed by atoms with Crippen molar-refractivity contribution in [3.63, 3.8) is 0 Å². The fraction of sp³-hybridized carbons (Fsp3) is 0.588. The maximum absolute atomic E-state index is 12.8. The van der Waals surface area contributed by atoms with E-state index < -0.39 is 26.9 Å². The van der Waals surface area contributed by atoms with Crippen molar-refractivity contribution in [2.45, 2.75) is 46.2 Å². The molecule has 152 valence electrons. The first-order chi connectivity index (χ1) is 12.4. The maximum Gasteiger partial charge on any atom is 0.271 e. The van der Waals surface area contributed by atoms with Gasteiger partial charge in [-0.15, -0.1) is 0 Å². The lowest BCUT2D eigenvalue weighted by Gasteiger charge is -2.32. The average molecular weight is 401 g/mol. The van der Waals surface area contributed by atoms with Crippen LogP contribution in [0.2, 0.25) is 0 Å². The van der Waals surface area contributed by atoms with Crippen LogP contribution < -0.4 is 14.4 Å². The number of hydrogen-bond acceptors (Lipinski definition) is 6. The zero-order valence-corrected chi connectivity index (χ0v) is 17.2. The molecule has 0 heterocycles. The van der Waals surface area contributed by atoms with Crippen molar-refractivity contribution < 1.29 is 22.9 Å². The Morgan fingerprint density at radius 2 is 1.93 bits per heavy atom. The number of nitrogens with zero attached hydrogens (tertiary/aromatic N) is 2. The van der Waals surface area contributed by atoms with E-state index in [1.807, 2.05) is 20.8 Å². The van der Waals surface area contributed by atoms with Crippen molar-refractivity contribution in [2.24, 2.45) is 5.92 Å². The molecule has 0 fully saturated rings. The second-order valence-electron chi connectivity index (χ2n) is 6.64. The quantitative estimate of drug-likeness (QED) is 0.501. The molecule has 0 unspecified atom stereocenters. The molecule has 9 nitrogen and oxygen atoms in total. The van der Waals surface area contributed by atoms with Crippen molar-refractivity contribution >= 4 is 27.3 Å². The second-order valence-corrected chi connectivity index (χ2v) is 8.50. The van der Waals surface area contributed by atoms with E-state index >= 15 is 0 Å². The van der Waals surface area contributed by atoms with Gasteiger partial charge in [0.25, 0.3) is 5.69 Å². The summed E-state index contributed by atoms with van der Waals surface area (Å²) in [6.45, 7) is 7.37. The highest BCUT2D eigenvalue weighted by Crippen LogP contribution is 2.35. The molecule has 2 atom stereocenters. The van der Waals surface area contributed by atoms with Crippen molar-refractivity contribution in [3.8, 4) is 5.75 Å². The minimum atomic E-state index is -3.94. The topological polar surface area (TPSA) is 119 Å². The first-order valence-corrected chi connectivity index (χ1v) is 10.4. The molecule has 0 saturated carbocycles. The SMILES string of the molecule is CC[C@@H](C(=O)N[C@H](C)C(C)C)N(c1cc([N+](=O)[O-])ccc1OC)S(C)(=O)=O. The van der Waals surface area contributed by atoms with E-state index in [1.54, 1.807) is 6.92 Å². The van der Waals surface area contributed by atoms with E-state index in [0.717, 1.165) is 16.6 Å². The number of amides is 1. The molecular weight excluding hydrogens is 374 g/mol. The van der Waals surface area contributed by atoms with Crippen molar-refractivity contribution in [1.82, 2.24) is 5.32 Å². The summed E-state index contributed by atoms with van der Waals surface area (Å²) >= 11 is 0. The molecule has 0 aliphatic rings. The number of carbonyl (C=O) groups excluding carboxylic acids is 1. The molecule has 0 saturated heterocycles. The Kier molecular flexibility index (Phi) is 7.58. The van der Waals surface area contributed by atoms with Gasteiger partial charge in [0, 0.05) is 18.2 Å². The number of carbonyl (C=O) groups is 1. The Balaban J connectivity index is 3.51. The van der Waals surface area contributed by atoms with Gasteiger partial charge in [0.1, 0.15) is 17.5 Å². The summed E-state index contributed by atoms with van der Waals surface area (Å²) in [5.74, 6) is -0.197. The van der Waals surface area contributed by atoms with Crippen molar-refractivity contribution in [1.29, 1.82) is 0 Å². The third-order valence-corrected chi connectivity index (χ3v) is 5.48. The van der Waals surface area contributed by atoms with Gasteiger partial charge < -0.3 is 10.1 Å². The Labute approximate surface area is 159 Å². The van der Waals surface area contributed by atoms with Crippen LogP contribution in [0.15, 0.2) is 18.2 Å². The highest BCUT2D eigenvalue weighted by atomic mass is 32.2. The molecule has 0 bridgehead atoms. The predicted molar refractivity (Wildman–Crippen MR) is 103 cm³/mol. The first-order valence-electron chi connectivity index (χ1n) is 8.56. The molecule has 1 N–H and O–H groups in total. The molecular formula is C17H27N3O6S. The van der Waals surface area contributed by atoms with Crippen LogP contribution in [0, 0.1) is 16.0 Å². The number of anilines is 1. The molecule has 1 aromatic carbocycles. The van der Waals surface area contributed by atoms with Crippen LogP contribution in [0.1, 0.15) is 34.1 Å². The van der Waals surface area contributed by atoms with Gasteiger partial charge in [0.15, 0.2) is 0 Å². The molecule has 0 aromatic heterocycles. The lowest BCUT2D eigenvalue weighted by molar-refractivity contribution is -0.384. The number of ether oxygens (including phenoxy) is 1. The smallest absolute Gasteiger partial charge is 0.271 e. The number of methoxy groups -OCH3 is 1. The molecule has 0 radical (unpaired) electrons. The van der Waals surface area contributed by atoms with E-state index in [0.29, 0.717) is 0 Å².